The summed E-state index contributed by atoms with van der Waals surface area (Å²) in [5.41, 5.74) is 12.7. The van der Waals surface area contributed by atoms with Gasteiger partial charge in [-0.2, -0.15) is 0 Å². The van der Waals surface area contributed by atoms with Gasteiger partial charge in [0.25, 0.3) is 0 Å². The highest BCUT2D eigenvalue weighted by atomic mass is 15.1. The van der Waals surface area contributed by atoms with E-state index in [1.54, 1.807) is 0 Å². The number of aromatic nitrogens is 1. The lowest BCUT2D eigenvalue weighted by molar-refractivity contribution is 0.306. The van der Waals surface area contributed by atoms with Crippen LogP contribution in [0.1, 0.15) is 28.4 Å². The highest BCUT2D eigenvalue weighted by molar-refractivity contribution is 5.91. The molecule has 2 rings (SSSR count). The minimum absolute atomic E-state index is 0.268. The Bertz CT molecular complexity index is 608. The highest BCUT2D eigenvalue weighted by Crippen LogP contribution is 2.35. The van der Waals surface area contributed by atoms with Gasteiger partial charge < -0.3 is 15.2 Å². The van der Waals surface area contributed by atoms with Crippen molar-refractivity contribution < 1.29 is 0 Å². The number of hydrogen-bond donors (Lipinski definition) is 1. The quantitative estimate of drug-likeness (QED) is 0.919. The molecule has 3 heteroatoms. The van der Waals surface area contributed by atoms with Crippen molar-refractivity contribution in [2.75, 3.05) is 20.6 Å². The Hall–Kier alpha value is -1.32. The molecule has 2 N–H and O–H groups in total. The summed E-state index contributed by atoms with van der Waals surface area (Å²) in [7, 11) is 6.35. The van der Waals surface area contributed by atoms with Gasteiger partial charge in [0.15, 0.2) is 0 Å². The average molecular weight is 259 g/mol. The third kappa shape index (κ3) is 2.07. The van der Waals surface area contributed by atoms with Gasteiger partial charge in [-0.25, -0.2) is 0 Å². The van der Waals surface area contributed by atoms with E-state index in [0.29, 0.717) is 6.54 Å². The van der Waals surface area contributed by atoms with E-state index in [4.69, 9.17) is 5.73 Å². The molecule has 0 amide bonds. The summed E-state index contributed by atoms with van der Waals surface area (Å²) in [6.45, 7) is 7.20. The van der Waals surface area contributed by atoms with Crippen molar-refractivity contribution in [1.29, 1.82) is 0 Å². The van der Waals surface area contributed by atoms with Crippen molar-refractivity contribution in [3.05, 3.63) is 34.5 Å². The zero-order chi connectivity index (χ0) is 14.3. The van der Waals surface area contributed by atoms with E-state index in [0.717, 1.165) is 0 Å². The molecule has 0 fully saturated rings. The summed E-state index contributed by atoms with van der Waals surface area (Å²) in [5.74, 6) is 0. The summed E-state index contributed by atoms with van der Waals surface area (Å²) >= 11 is 0. The van der Waals surface area contributed by atoms with Crippen LogP contribution in [0.25, 0.3) is 10.9 Å². The number of benzene rings is 1. The molecule has 0 aliphatic carbocycles. The van der Waals surface area contributed by atoms with E-state index in [-0.39, 0.29) is 6.04 Å². The molecule has 1 unspecified atom stereocenters. The molecule has 0 bridgehead atoms. The van der Waals surface area contributed by atoms with Crippen molar-refractivity contribution in [1.82, 2.24) is 9.47 Å². The number of likely N-dealkylation sites (N-methyl/N-ethyl adjacent to an activating group) is 1. The first kappa shape index (κ1) is 14.1. The van der Waals surface area contributed by atoms with E-state index >= 15 is 0 Å². The molecule has 1 aromatic carbocycles. The lowest BCUT2D eigenvalue weighted by Crippen LogP contribution is -2.27. The topological polar surface area (TPSA) is 34.2 Å². The molecule has 0 saturated heterocycles. The highest BCUT2D eigenvalue weighted by Gasteiger charge is 2.23. The van der Waals surface area contributed by atoms with Crippen LogP contribution in [0.4, 0.5) is 0 Å². The molecular formula is C16H25N3. The van der Waals surface area contributed by atoms with Crippen LogP contribution in [0.15, 0.2) is 12.1 Å². The van der Waals surface area contributed by atoms with Crippen LogP contribution in [-0.2, 0) is 7.05 Å². The van der Waals surface area contributed by atoms with Crippen LogP contribution >= 0.6 is 0 Å². The Labute approximate surface area is 116 Å². The van der Waals surface area contributed by atoms with Gasteiger partial charge in [-0.1, -0.05) is 12.1 Å². The van der Waals surface area contributed by atoms with Crippen molar-refractivity contribution in [2.24, 2.45) is 12.8 Å². The van der Waals surface area contributed by atoms with Gasteiger partial charge >= 0.3 is 0 Å². The second-order valence-electron chi connectivity index (χ2n) is 5.70. The first-order valence-electron chi connectivity index (χ1n) is 6.81. The predicted octanol–water partition coefficient (Wildman–Crippen LogP) is 2.66. The molecule has 0 aliphatic rings. The lowest BCUT2D eigenvalue weighted by atomic mass is 9.97. The zero-order valence-electron chi connectivity index (χ0n) is 12.9. The van der Waals surface area contributed by atoms with Gasteiger partial charge in [0.05, 0.1) is 5.52 Å². The maximum atomic E-state index is 6.01. The van der Waals surface area contributed by atoms with Gasteiger partial charge in [0.1, 0.15) is 0 Å². The zero-order valence-corrected chi connectivity index (χ0v) is 12.9. The fraction of sp³-hybridized carbons (Fsp3) is 0.500. The molecule has 0 spiro atoms. The third-order valence-electron chi connectivity index (χ3n) is 4.27. The molecular weight excluding hydrogens is 234 g/mol. The summed E-state index contributed by atoms with van der Waals surface area (Å²) in [6.07, 6.45) is 0. The van der Waals surface area contributed by atoms with E-state index in [1.807, 2.05) is 0 Å². The van der Waals surface area contributed by atoms with Gasteiger partial charge in [0, 0.05) is 30.7 Å². The molecule has 104 valence electrons. The Balaban J connectivity index is 2.88. The van der Waals surface area contributed by atoms with Crippen molar-refractivity contribution in [2.45, 2.75) is 26.8 Å². The SMILES string of the molecule is Cc1ccc(C)c2c1c(C(CN)N(C)C)c(C)n2C. The smallest absolute Gasteiger partial charge is 0.0515 e. The first-order valence-corrected chi connectivity index (χ1v) is 6.81. The molecule has 0 radical (unpaired) electrons. The van der Waals surface area contributed by atoms with Crippen LogP contribution < -0.4 is 5.73 Å². The van der Waals surface area contributed by atoms with Crippen molar-refractivity contribution >= 4 is 10.9 Å². The van der Waals surface area contributed by atoms with Crippen molar-refractivity contribution in [3.8, 4) is 0 Å². The van der Waals surface area contributed by atoms with Crippen molar-refractivity contribution in [3.63, 3.8) is 0 Å². The summed E-state index contributed by atoms with van der Waals surface area (Å²) in [6, 6.07) is 4.68. The van der Waals surface area contributed by atoms with E-state index < -0.39 is 0 Å². The Morgan fingerprint density at radius 1 is 1.16 bits per heavy atom. The minimum atomic E-state index is 0.268. The lowest BCUT2D eigenvalue weighted by Gasteiger charge is -2.24. The fourth-order valence-corrected chi connectivity index (χ4v) is 3.09. The average Bonchev–Trinajstić information content (AvgIpc) is 2.61. The van der Waals surface area contributed by atoms with Crippen LogP contribution in [0.2, 0.25) is 0 Å². The predicted molar refractivity (Wildman–Crippen MR) is 82.6 cm³/mol. The third-order valence-corrected chi connectivity index (χ3v) is 4.27. The molecule has 19 heavy (non-hydrogen) atoms. The monoisotopic (exact) mass is 259 g/mol. The van der Waals surface area contributed by atoms with Crippen LogP contribution in [0.3, 0.4) is 0 Å². The van der Waals surface area contributed by atoms with Crippen LogP contribution in [0, 0.1) is 20.8 Å². The summed E-state index contributed by atoms with van der Waals surface area (Å²) in [5, 5.41) is 1.38. The van der Waals surface area contributed by atoms with Gasteiger partial charge in [-0.3, -0.25) is 0 Å². The van der Waals surface area contributed by atoms with Gasteiger partial charge in [0.2, 0.25) is 0 Å². The first-order chi connectivity index (χ1) is 8.90. The number of fused-ring (bicyclic) bond motifs is 1. The molecule has 1 heterocycles. The van der Waals surface area contributed by atoms with Crippen LogP contribution in [0.5, 0.6) is 0 Å². The van der Waals surface area contributed by atoms with E-state index in [9.17, 15) is 0 Å². The maximum Gasteiger partial charge on any atom is 0.0515 e. The Kier molecular flexibility index (Phi) is 3.70. The molecule has 1 aromatic heterocycles. The summed E-state index contributed by atoms with van der Waals surface area (Å²) < 4.78 is 2.30. The molecule has 1 atom stereocenters. The van der Waals surface area contributed by atoms with E-state index in [1.165, 1.54) is 33.3 Å². The fourth-order valence-electron chi connectivity index (χ4n) is 3.09. The number of nitrogens with zero attached hydrogens (tertiary/aromatic N) is 2. The number of nitrogens with two attached hydrogens (primary N) is 1. The normalized spacial score (nSPS) is 13.5. The second-order valence-corrected chi connectivity index (χ2v) is 5.70. The Morgan fingerprint density at radius 3 is 2.26 bits per heavy atom. The standard InChI is InChI=1S/C16H25N3/c1-10-7-8-11(2)16-14(10)15(12(3)19(16)6)13(9-17)18(4)5/h7-8,13H,9,17H2,1-6H3. The number of rotatable bonds is 3. The summed E-state index contributed by atoms with van der Waals surface area (Å²) in [4.78, 5) is 2.21. The minimum Gasteiger partial charge on any atom is -0.347 e. The molecule has 3 nitrogen and oxygen atoms in total. The molecule has 0 aliphatic heterocycles. The number of hydrogen-bond acceptors (Lipinski definition) is 2. The van der Waals surface area contributed by atoms with Crippen LogP contribution in [-0.4, -0.2) is 30.1 Å². The molecule has 0 saturated carbocycles. The second kappa shape index (κ2) is 4.99. The Morgan fingerprint density at radius 2 is 1.74 bits per heavy atom. The molecule has 2 aromatic rings. The maximum absolute atomic E-state index is 6.01. The van der Waals surface area contributed by atoms with Gasteiger partial charge in [-0.05, 0) is 51.6 Å². The number of aryl methyl sites for hydroxylation is 3. The van der Waals surface area contributed by atoms with Gasteiger partial charge in [-0.15, -0.1) is 0 Å². The van der Waals surface area contributed by atoms with E-state index in [2.05, 4.69) is 63.5 Å². The largest absolute Gasteiger partial charge is 0.347 e.